The number of esters is 1. The number of carbonyl (C=O) groups excluding carboxylic acids is 1. The Balaban J connectivity index is 2.46. The van der Waals surface area contributed by atoms with Crippen LogP contribution in [0.3, 0.4) is 0 Å². The number of ether oxygens (including phenoxy) is 1. The predicted octanol–water partition coefficient (Wildman–Crippen LogP) is 5.29. The lowest BCUT2D eigenvalue weighted by Crippen LogP contribution is -2.11. The molecule has 1 heterocycles. The molecule has 4 heteroatoms. The molecule has 0 aliphatic rings. The van der Waals surface area contributed by atoms with Gasteiger partial charge in [-0.05, 0) is 30.2 Å². The molecule has 0 unspecified atom stereocenters. The van der Waals surface area contributed by atoms with E-state index in [1.807, 2.05) is 48.5 Å². The largest absolute Gasteiger partial charge is 0.465 e. The average molecular weight is 340 g/mol. The summed E-state index contributed by atoms with van der Waals surface area (Å²) in [5, 5.41) is 1.47. The normalized spacial score (nSPS) is 10.8. The van der Waals surface area contributed by atoms with Crippen LogP contribution in [0, 0.1) is 0 Å². The minimum Gasteiger partial charge on any atom is -0.465 e. The second-order valence-corrected chi connectivity index (χ2v) is 6.01. The van der Waals surface area contributed by atoms with Gasteiger partial charge >= 0.3 is 5.97 Å². The van der Waals surface area contributed by atoms with Gasteiger partial charge in [0.1, 0.15) is 0 Å². The molecule has 1 aromatic heterocycles. The zero-order valence-electron chi connectivity index (χ0n) is 13.7. The van der Waals surface area contributed by atoms with Crippen molar-refractivity contribution in [3.05, 3.63) is 64.8 Å². The maximum atomic E-state index is 12.5. The summed E-state index contributed by atoms with van der Waals surface area (Å²) in [7, 11) is 1.40. The van der Waals surface area contributed by atoms with E-state index in [-0.39, 0.29) is 5.97 Å². The first kappa shape index (κ1) is 16.5. The van der Waals surface area contributed by atoms with Crippen LogP contribution >= 0.6 is 11.6 Å². The van der Waals surface area contributed by atoms with Gasteiger partial charge in [0.25, 0.3) is 0 Å². The fraction of sp³-hybridized carbons (Fsp3) is 0.200. The number of halogens is 1. The van der Waals surface area contributed by atoms with Crippen LogP contribution < -0.4 is 0 Å². The van der Waals surface area contributed by atoms with E-state index in [4.69, 9.17) is 21.3 Å². The Morgan fingerprint density at radius 2 is 1.92 bits per heavy atom. The number of benzene rings is 2. The number of hydrogen-bond donors (Lipinski definition) is 0. The third-order valence-electron chi connectivity index (χ3n) is 3.96. The number of hydrogen-bond acceptors (Lipinski definition) is 3. The van der Waals surface area contributed by atoms with Gasteiger partial charge in [-0.2, -0.15) is 0 Å². The number of methoxy groups -OCH3 is 1. The Morgan fingerprint density at radius 1 is 1.17 bits per heavy atom. The van der Waals surface area contributed by atoms with Crippen LogP contribution in [0.25, 0.3) is 22.0 Å². The van der Waals surface area contributed by atoms with Gasteiger partial charge in [-0.3, -0.25) is 4.98 Å². The average Bonchev–Trinajstić information content (AvgIpc) is 2.61. The zero-order valence-corrected chi connectivity index (χ0v) is 14.4. The monoisotopic (exact) mass is 339 g/mol. The molecule has 0 spiro atoms. The highest BCUT2D eigenvalue weighted by Crippen LogP contribution is 2.35. The molecule has 0 aliphatic heterocycles. The number of rotatable bonds is 4. The quantitative estimate of drug-likeness (QED) is 0.606. The second-order valence-electron chi connectivity index (χ2n) is 5.58. The summed E-state index contributed by atoms with van der Waals surface area (Å²) in [6.07, 6.45) is 1.60. The molecule has 0 saturated heterocycles. The van der Waals surface area contributed by atoms with Crippen molar-refractivity contribution in [1.29, 1.82) is 0 Å². The van der Waals surface area contributed by atoms with Gasteiger partial charge in [0.05, 0.1) is 23.9 Å². The van der Waals surface area contributed by atoms with E-state index in [9.17, 15) is 4.79 Å². The van der Waals surface area contributed by atoms with Crippen molar-refractivity contribution >= 4 is 28.5 Å². The molecule has 0 saturated carbocycles. The van der Waals surface area contributed by atoms with Crippen LogP contribution in [0.15, 0.2) is 48.5 Å². The van der Waals surface area contributed by atoms with Crippen molar-refractivity contribution in [2.24, 2.45) is 0 Å². The Morgan fingerprint density at radius 3 is 2.58 bits per heavy atom. The van der Waals surface area contributed by atoms with E-state index in [1.54, 1.807) is 0 Å². The fourth-order valence-corrected chi connectivity index (χ4v) is 3.10. The fourth-order valence-electron chi connectivity index (χ4n) is 2.93. The second kappa shape index (κ2) is 7.02. The lowest BCUT2D eigenvalue weighted by atomic mass is 9.93. The summed E-state index contributed by atoms with van der Waals surface area (Å²) < 4.78 is 5.05. The van der Waals surface area contributed by atoms with Crippen LogP contribution in [-0.2, 0) is 11.2 Å². The molecule has 3 nitrogen and oxygen atoms in total. The lowest BCUT2D eigenvalue weighted by molar-refractivity contribution is 0.0600. The predicted molar refractivity (Wildman–Crippen MR) is 97.5 cm³/mol. The van der Waals surface area contributed by atoms with E-state index < -0.39 is 0 Å². The highest BCUT2D eigenvalue weighted by molar-refractivity contribution is 6.31. The summed E-state index contributed by atoms with van der Waals surface area (Å²) in [6, 6.07) is 15.4. The molecule has 0 fully saturated rings. The van der Waals surface area contributed by atoms with Crippen molar-refractivity contribution in [2.75, 3.05) is 7.11 Å². The topological polar surface area (TPSA) is 39.2 Å². The number of aromatic nitrogens is 1. The van der Waals surface area contributed by atoms with Gasteiger partial charge in [0.15, 0.2) is 0 Å². The number of pyridine rings is 1. The summed E-state index contributed by atoms with van der Waals surface area (Å²) >= 11 is 6.20. The number of carbonyl (C=O) groups is 1. The molecule has 122 valence electrons. The van der Waals surface area contributed by atoms with Crippen molar-refractivity contribution in [1.82, 2.24) is 4.98 Å². The molecule has 3 rings (SSSR count). The zero-order chi connectivity index (χ0) is 17.1. The molecule has 0 N–H and O–H groups in total. The SMILES string of the molecule is CCCc1nc2ccc(Cl)cc2c(-c2ccccc2)c1C(=O)OC. The highest BCUT2D eigenvalue weighted by Gasteiger charge is 2.22. The van der Waals surface area contributed by atoms with Crippen LogP contribution in [0.2, 0.25) is 5.02 Å². The van der Waals surface area contributed by atoms with Gasteiger partial charge < -0.3 is 4.74 Å². The lowest BCUT2D eigenvalue weighted by Gasteiger charge is -2.16. The summed E-state index contributed by atoms with van der Waals surface area (Å²) in [6.45, 7) is 2.07. The maximum absolute atomic E-state index is 12.5. The summed E-state index contributed by atoms with van der Waals surface area (Å²) in [5.41, 5.74) is 3.90. The molecule has 2 aromatic carbocycles. The van der Waals surface area contributed by atoms with Crippen LogP contribution in [0.4, 0.5) is 0 Å². The van der Waals surface area contributed by atoms with Crippen molar-refractivity contribution < 1.29 is 9.53 Å². The van der Waals surface area contributed by atoms with Gasteiger partial charge in [-0.15, -0.1) is 0 Å². The number of fused-ring (bicyclic) bond motifs is 1. The molecular weight excluding hydrogens is 322 g/mol. The Bertz CT molecular complexity index is 891. The molecule has 0 bridgehead atoms. The molecule has 3 aromatic rings. The molecule has 0 aliphatic carbocycles. The minimum absolute atomic E-state index is 0.369. The first-order chi connectivity index (χ1) is 11.7. The first-order valence-corrected chi connectivity index (χ1v) is 8.29. The Hall–Kier alpha value is -2.39. The first-order valence-electron chi connectivity index (χ1n) is 7.91. The van der Waals surface area contributed by atoms with E-state index in [1.165, 1.54) is 7.11 Å². The summed E-state index contributed by atoms with van der Waals surface area (Å²) in [4.78, 5) is 17.2. The van der Waals surface area contributed by atoms with E-state index in [0.717, 1.165) is 34.1 Å². The molecule has 0 amide bonds. The van der Waals surface area contributed by atoms with E-state index >= 15 is 0 Å². The highest BCUT2D eigenvalue weighted by atomic mass is 35.5. The number of nitrogens with zero attached hydrogens (tertiary/aromatic N) is 1. The minimum atomic E-state index is -0.369. The Labute approximate surface area is 146 Å². The molecule has 0 radical (unpaired) electrons. The smallest absolute Gasteiger partial charge is 0.340 e. The third kappa shape index (κ3) is 3.00. The molecule has 24 heavy (non-hydrogen) atoms. The maximum Gasteiger partial charge on any atom is 0.340 e. The summed E-state index contributed by atoms with van der Waals surface area (Å²) in [5.74, 6) is -0.369. The van der Waals surface area contributed by atoms with E-state index in [0.29, 0.717) is 17.0 Å². The Kier molecular flexibility index (Phi) is 4.81. The standard InChI is InChI=1S/C20H18ClNO2/c1-3-7-17-19(20(23)24-2)18(13-8-5-4-6-9-13)15-12-14(21)10-11-16(15)22-17/h4-6,8-12H,3,7H2,1-2H3. The number of aryl methyl sites for hydroxylation is 1. The van der Waals surface area contributed by atoms with E-state index in [2.05, 4.69) is 6.92 Å². The van der Waals surface area contributed by atoms with Crippen LogP contribution in [-0.4, -0.2) is 18.1 Å². The van der Waals surface area contributed by atoms with Gasteiger partial charge in [-0.1, -0.05) is 55.3 Å². The molecule has 0 atom stereocenters. The van der Waals surface area contributed by atoms with Crippen molar-refractivity contribution in [3.8, 4) is 11.1 Å². The molecular formula is C20H18ClNO2. The van der Waals surface area contributed by atoms with Crippen LogP contribution in [0.5, 0.6) is 0 Å². The van der Waals surface area contributed by atoms with Gasteiger partial charge in [-0.25, -0.2) is 4.79 Å². The van der Waals surface area contributed by atoms with Gasteiger partial charge in [0, 0.05) is 16.0 Å². The van der Waals surface area contributed by atoms with Gasteiger partial charge in [0.2, 0.25) is 0 Å². The van der Waals surface area contributed by atoms with Crippen LogP contribution in [0.1, 0.15) is 29.4 Å². The van der Waals surface area contributed by atoms with Crippen molar-refractivity contribution in [3.63, 3.8) is 0 Å². The third-order valence-corrected chi connectivity index (χ3v) is 4.20. The van der Waals surface area contributed by atoms with Crippen molar-refractivity contribution in [2.45, 2.75) is 19.8 Å².